The van der Waals surface area contributed by atoms with E-state index in [4.69, 9.17) is 5.11 Å². The van der Waals surface area contributed by atoms with Crippen molar-refractivity contribution in [2.24, 2.45) is 0 Å². The first-order valence-corrected chi connectivity index (χ1v) is 5.76. The van der Waals surface area contributed by atoms with Gasteiger partial charge in [-0.2, -0.15) is 0 Å². The van der Waals surface area contributed by atoms with E-state index in [0.717, 1.165) is 25.7 Å². The van der Waals surface area contributed by atoms with Gasteiger partial charge in [-0.15, -0.1) is 0 Å². The van der Waals surface area contributed by atoms with Crippen molar-refractivity contribution in [2.75, 3.05) is 6.61 Å². The second kappa shape index (κ2) is 2.43. The van der Waals surface area contributed by atoms with Crippen molar-refractivity contribution in [2.45, 2.75) is 36.5 Å². The summed E-state index contributed by atoms with van der Waals surface area (Å²) in [6, 6.07) is 0. The molecule has 12 heavy (non-hydrogen) atoms. The van der Waals surface area contributed by atoms with Gasteiger partial charge in [-0.25, -0.2) is 13.1 Å². The lowest BCUT2D eigenvalue weighted by atomic mass is 10.3. The number of nitrogens with one attached hydrogen (secondary N) is 1. The lowest BCUT2D eigenvalue weighted by molar-refractivity contribution is 0.246. The summed E-state index contributed by atoms with van der Waals surface area (Å²) in [7, 11) is -3.10. The van der Waals surface area contributed by atoms with Crippen LogP contribution in [0.1, 0.15) is 25.7 Å². The third kappa shape index (κ3) is 1.48. The Labute approximate surface area is 72.0 Å². The molecule has 0 aliphatic heterocycles. The first-order chi connectivity index (χ1) is 5.58. The summed E-state index contributed by atoms with van der Waals surface area (Å²) in [5.74, 6) is 0. The number of hydrogen-bond acceptors (Lipinski definition) is 3. The van der Waals surface area contributed by atoms with Crippen LogP contribution in [-0.4, -0.2) is 30.9 Å². The average Bonchev–Trinajstić information content (AvgIpc) is 2.83. The highest BCUT2D eigenvalue weighted by Crippen LogP contribution is 2.38. The third-order valence-corrected chi connectivity index (χ3v) is 4.54. The van der Waals surface area contributed by atoms with Crippen LogP contribution in [0.2, 0.25) is 0 Å². The minimum Gasteiger partial charge on any atom is -0.394 e. The van der Waals surface area contributed by atoms with E-state index in [1.807, 2.05) is 0 Å². The Hall–Kier alpha value is -0.130. The van der Waals surface area contributed by atoms with Crippen molar-refractivity contribution in [3.05, 3.63) is 0 Å². The number of hydrogen-bond donors (Lipinski definition) is 2. The van der Waals surface area contributed by atoms with Crippen molar-refractivity contribution in [1.29, 1.82) is 0 Å². The fraction of sp³-hybridized carbons (Fsp3) is 1.00. The first-order valence-electron chi connectivity index (χ1n) is 4.22. The maximum Gasteiger partial charge on any atom is 0.215 e. The van der Waals surface area contributed by atoms with Crippen molar-refractivity contribution in [3.8, 4) is 0 Å². The Balaban J connectivity index is 2.02. The maximum atomic E-state index is 11.4. The molecule has 4 nitrogen and oxygen atoms in total. The second-order valence-corrected chi connectivity index (χ2v) is 5.75. The molecule has 2 saturated carbocycles. The molecule has 2 fully saturated rings. The molecule has 0 aromatic heterocycles. The van der Waals surface area contributed by atoms with Gasteiger partial charge in [-0.1, -0.05) is 0 Å². The third-order valence-electron chi connectivity index (χ3n) is 2.48. The molecule has 0 amide bonds. The van der Waals surface area contributed by atoms with E-state index >= 15 is 0 Å². The first kappa shape index (κ1) is 8.47. The zero-order valence-electron chi connectivity index (χ0n) is 6.78. The molecular formula is C7H13NO3S. The van der Waals surface area contributed by atoms with Crippen molar-refractivity contribution < 1.29 is 13.5 Å². The number of sulfonamides is 1. The Bertz CT molecular complexity index is 277. The van der Waals surface area contributed by atoms with Crippen LogP contribution >= 0.6 is 0 Å². The van der Waals surface area contributed by atoms with E-state index in [2.05, 4.69) is 4.72 Å². The second-order valence-electron chi connectivity index (χ2n) is 3.78. The topological polar surface area (TPSA) is 66.4 Å². The van der Waals surface area contributed by atoms with Crippen LogP contribution in [0.15, 0.2) is 0 Å². The summed E-state index contributed by atoms with van der Waals surface area (Å²) in [6.07, 6.45) is 3.10. The minimum atomic E-state index is -3.10. The van der Waals surface area contributed by atoms with Gasteiger partial charge in [-0.3, -0.25) is 0 Å². The predicted molar refractivity (Wildman–Crippen MR) is 44.1 cm³/mol. The van der Waals surface area contributed by atoms with Gasteiger partial charge in [0.2, 0.25) is 10.0 Å². The van der Waals surface area contributed by atoms with E-state index < -0.39 is 15.6 Å². The fourth-order valence-electron chi connectivity index (χ4n) is 1.21. The van der Waals surface area contributed by atoms with Crippen LogP contribution in [0.5, 0.6) is 0 Å². The molecule has 0 unspecified atom stereocenters. The zero-order valence-corrected chi connectivity index (χ0v) is 7.60. The molecule has 70 valence electrons. The van der Waals surface area contributed by atoms with Gasteiger partial charge in [-0.05, 0) is 25.7 Å². The number of aliphatic hydroxyl groups is 1. The Morgan fingerprint density at radius 1 is 1.42 bits per heavy atom. The van der Waals surface area contributed by atoms with Crippen LogP contribution in [0, 0.1) is 0 Å². The van der Waals surface area contributed by atoms with Crippen LogP contribution < -0.4 is 4.72 Å². The van der Waals surface area contributed by atoms with E-state index in [0.29, 0.717) is 0 Å². The molecule has 0 saturated heterocycles. The Kier molecular flexibility index (Phi) is 1.72. The number of rotatable bonds is 4. The lowest BCUT2D eigenvalue weighted by Crippen LogP contribution is -2.41. The van der Waals surface area contributed by atoms with E-state index in [9.17, 15) is 8.42 Å². The van der Waals surface area contributed by atoms with Crippen molar-refractivity contribution in [3.63, 3.8) is 0 Å². The molecule has 0 radical (unpaired) electrons. The molecule has 0 spiro atoms. The molecule has 2 N–H and O–H groups in total. The summed E-state index contributed by atoms with van der Waals surface area (Å²) in [5, 5.41) is 8.72. The molecule has 2 aliphatic rings. The van der Waals surface area contributed by atoms with Gasteiger partial charge in [0.1, 0.15) is 0 Å². The zero-order chi connectivity index (χ0) is 8.82. The SMILES string of the molecule is O=S(=O)(NC1(CO)CC1)C1CC1. The van der Waals surface area contributed by atoms with E-state index in [1.54, 1.807) is 0 Å². The van der Waals surface area contributed by atoms with Gasteiger partial charge in [0.15, 0.2) is 0 Å². The molecule has 2 aliphatic carbocycles. The number of aliphatic hydroxyl groups excluding tert-OH is 1. The van der Waals surface area contributed by atoms with Crippen LogP contribution in [0.4, 0.5) is 0 Å². The standard InChI is InChI=1S/C7H13NO3S/c9-5-7(3-4-7)8-12(10,11)6-1-2-6/h6,8-9H,1-5H2. The average molecular weight is 191 g/mol. The van der Waals surface area contributed by atoms with E-state index in [-0.39, 0.29) is 11.9 Å². The highest BCUT2D eigenvalue weighted by atomic mass is 32.2. The van der Waals surface area contributed by atoms with Crippen LogP contribution in [0.25, 0.3) is 0 Å². The summed E-state index contributed by atoms with van der Waals surface area (Å²) in [6.45, 7) is -0.0705. The minimum absolute atomic E-state index is 0.0705. The summed E-state index contributed by atoms with van der Waals surface area (Å²) < 4.78 is 25.3. The monoisotopic (exact) mass is 191 g/mol. The summed E-state index contributed by atoms with van der Waals surface area (Å²) in [5.41, 5.74) is -0.485. The maximum absolute atomic E-state index is 11.4. The van der Waals surface area contributed by atoms with Crippen LogP contribution in [-0.2, 0) is 10.0 Å². The predicted octanol–water partition coefficient (Wildman–Crippen LogP) is -0.407. The highest BCUT2D eigenvalue weighted by Gasteiger charge is 2.48. The normalized spacial score (nSPS) is 27.1. The molecule has 0 heterocycles. The highest BCUT2D eigenvalue weighted by molar-refractivity contribution is 7.90. The van der Waals surface area contributed by atoms with E-state index in [1.165, 1.54) is 0 Å². The van der Waals surface area contributed by atoms with Gasteiger partial charge >= 0.3 is 0 Å². The van der Waals surface area contributed by atoms with Crippen molar-refractivity contribution in [1.82, 2.24) is 4.72 Å². The Morgan fingerprint density at radius 3 is 2.33 bits per heavy atom. The van der Waals surface area contributed by atoms with Gasteiger partial charge in [0, 0.05) is 0 Å². The summed E-state index contributed by atoms with van der Waals surface area (Å²) in [4.78, 5) is 0. The van der Waals surface area contributed by atoms with Crippen LogP contribution in [0.3, 0.4) is 0 Å². The largest absolute Gasteiger partial charge is 0.394 e. The van der Waals surface area contributed by atoms with Gasteiger partial charge < -0.3 is 5.11 Å². The molecule has 0 bridgehead atoms. The molecule has 0 aromatic rings. The molecule has 2 rings (SSSR count). The van der Waals surface area contributed by atoms with Crippen molar-refractivity contribution >= 4 is 10.0 Å². The quantitative estimate of drug-likeness (QED) is 0.635. The van der Waals surface area contributed by atoms with Gasteiger partial charge in [0.25, 0.3) is 0 Å². The van der Waals surface area contributed by atoms with Gasteiger partial charge in [0.05, 0.1) is 17.4 Å². The fourth-order valence-corrected chi connectivity index (χ4v) is 3.00. The Morgan fingerprint density at radius 2 is 2.00 bits per heavy atom. The molecule has 0 aromatic carbocycles. The molecular weight excluding hydrogens is 178 g/mol. The molecule has 5 heteroatoms. The summed E-state index contributed by atoms with van der Waals surface area (Å²) >= 11 is 0. The smallest absolute Gasteiger partial charge is 0.215 e. The molecule has 0 atom stereocenters. The lowest BCUT2D eigenvalue weighted by Gasteiger charge is -2.13.